The molecule has 0 saturated carbocycles. The predicted octanol–water partition coefficient (Wildman–Crippen LogP) is 0.679. The Bertz CT molecular complexity index is 772. The maximum absolute atomic E-state index is 12.6. The number of fused-ring (bicyclic) bond motifs is 1. The zero-order valence-electron chi connectivity index (χ0n) is 14.7. The molecule has 2 aliphatic rings. The molecule has 0 aromatic heterocycles. The number of thioether (sulfide) groups is 1. The maximum Gasteiger partial charge on any atom is 0.331 e. The zero-order chi connectivity index (χ0) is 19.9. The number of rotatable bonds is 5. The highest BCUT2D eigenvalue weighted by Crippen LogP contribution is 2.51. The van der Waals surface area contributed by atoms with Crippen molar-refractivity contribution in [3.63, 3.8) is 0 Å². The number of nitrogens with zero attached hydrogens (tertiary/aromatic N) is 1. The number of ether oxygens (including phenoxy) is 1. The zero-order valence-corrected chi connectivity index (χ0v) is 16.3. The van der Waals surface area contributed by atoms with Crippen molar-refractivity contribution in [2.24, 2.45) is 5.73 Å². The van der Waals surface area contributed by atoms with E-state index in [1.165, 1.54) is 28.8 Å². The first-order valence-electron chi connectivity index (χ1n) is 8.25. The Labute approximate surface area is 165 Å². The Morgan fingerprint density at radius 3 is 2.63 bits per heavy atom. The van der Waals surface area contributed by atoms with Crippen LogP contribution >= 0.6 is 23.4 Å². The molecule has 1 aromatic rings. The summed E-state index contributed by atoms with van der Waals surface area (Å²) in [5, 5.41) is 11.6. The van der Waals surface area contributed by atoms with Gasteiger partial charge in [0.1, 0.15) is 29.2 Å². The number of hydrogen-bond donors (Lipinski definition) is 3. The average molecular weight is 414 g/mol. The first-order chi connectivity index (χ1) is 12.7. The number of phenols is 1. The molecule has 2 unspecified atom stereocenters. The lowest BCUT2D eigenvalue weighted by Gasteiger charge is -2.44. The van der Waals surface area contributed by atoms with Crippen molar-refractivity contribution in [2.45, 2.75) is 42.1 Å². The van der Waals surface area contributed by atoms with Crippen LogP contribution in [0.3, 0.4) is 0 Å². The maximum atomic E-state index is 12.6. The van der Waals surface area contributed by atoms with Crippen molar-refractivity contribution in [1.82, 2.24) is 10.2 Å². The molecule has 0 bridgehead atoms. The number of halogens is 1. The summed E-state index contributed by atoms with van der Waals surface area (Å²) in [6.07, 6.45) is 0. The van der Waals surface area contributed by atoms with Gasteiger partial charge in [-0.15, -0.1) is 11.8 Å². The summed E-state index contributed by atoms with van der Waals surface area (Å²) in [7, 11) is 0. The molecule has 0 radical (unpaired) electrons. The van der Waals surface area contributed by atoms with E-state index in [-0.39, 0.29) is 23.1 Å². The fourth-order valence-corrected chi connectivity index (χ4v) is 5.06. The normalized spacial score (nSPS) is 26.7. The van der Waals surface area contributed by atoms with Crippen molar-refractivity contribution in [1.29, 1.82) is 0 Å². The topological polar surface area (TPSA) is 122 Å². The SMILES string of the molecule is CC1(C)S[C@@H]2C(NC(=O)C(N)c3ccc(O)cc3)C(=O)N2[C@H]1C(=O)OCCl. The number of benzene rings is 1. The van der Waals surface area contributed by atoms with Crippen LogP contribution in [0.5, 0.6) is 5.75 Å². The number of aromatic hydroxyl groups is 1. The lowest BCUT2D eigenvalue weighted by molar-refractivity contribution is -0.163. The summed E-state index contributed by atoms with van der Waals surface area (Å²) in [6, 6.07) is 3.15. The van der Waals surface area contributed by atoms with E-state index in [1.807, 2.05) is 13.8 Å². The van der Waals surface area contributed by atoms with Gasteiger partial charge in [0.05, 0.1) is 0 Å². The third-order valence-electron chi connectivity index (χ3n) is 4.69. The average Bonchev–Trinajstić information content (AvgIpc) is 2.87. The van der Waals surface area contributed by atoms with Gasteiger partial charge in [-0.3, -0.25) is 9.59 Å². The van der Waals surface area contributed by atoms with E-state index in [2.05, 4.69) is 5.32 Å². The number of esters is 1. The number of nitrogens with one attached hydrogen (secondary N) is 1. The van der Waals surface area contributed by atoms with Gasteiger partial charge < -0.3 is 25.8 Å². The molecule has 146 valence electrons. The minimum Gasteiger partial charge on any atom is -0.508 e. The van der Waals surface area contributed by atoms with Crippen LogP contribution < -0.4 is 11.1 Å². The highest BCUT2D eigenvalue weighted by atomic mass is 35.5. The van der Waals surface area contributed by atoms with Gasteiger partial charge in [-0.25, -0.2) is 4.79 Å². The molecule has 2 amide bonds. The molecule has 8 nitrogen and oxygen atoms in total. The van der Waals surface area contributed by atoms with Crippen LogP contribution in [0.15, 0.2) is 24.3 Å². The Morgan fingerprint density at radius 1 is 1.41 bits per heavy atom. The summed E-state index contributed by atoms with van der Waals surface area (Å²) >= 11 is 6.88. The molecule has 2 fully saturated rings. The van der Waals surface area contributed by atoms with Crippen molar-refractivity contribution in [3.8, 4) is 5.75 Å². The first kappa shape index (κ1) is 19.8. The highest BCUT2D eigenvalue weighted by molar-refractivity contribution is 8.01. The Kier molecular flexibility index (Phi) is 5.29. The Balaban J connectivity index is 1.70. The summed E-state index contributed by atoms with van der Waals surface area (Å²) in [4.78, 5) is 38.7. The number of carbonyl (C=O) groups is 3. The second kappa shape index (κ2) is 7.21. The number of amides is 2. The van der Waals surface area contributed by atoms with E-state index in [4.69, 9.17) is 22.1 Å². The smallest absolute Gasteiger partial charge is 0.331 e. The molecule has 0 aliphatic carbocycles. The lowest BCUT2D eigenvalue weighted by atomic mass is 9.95. The Morgan fingerprint density at radius 2 is 2.04 bits per heavy atom. The van der Waals surface area contributed by atoms with Gasteiger partial charge in [-0.05, 0) is 31.5 Å². The summed E-state index contributed by atoms with van der Waals surface area (Å²) in [5.74, 6) is -1.37. The highest BCUT2D eigenvalue weighted by Gasteiger charge is 2.64. The fraction of sp³-hybridized carbons (Fsp3) is 0.471. The second-order valence-electron chi connectivity index (χ2n) is 6.89. The van der Waals surface area contributed by atoms with Gasteiger partial charge >= 0.3 is 5.97 Å². The van der Waals surface area contributed by atoms with Crippen LogP contribution in [0.4, 0.5) is 0 Å². The van der Waals surface area contributed by atoms with Crippen LogP contribution in [-0.4, -0.2) is 56.1 Å². The molecule has 4 N–H and O–H groups in total. The van der Waals surface area contributed by atoms with Crippen LogP contribution in [-0.2, 0) is 19.1 Å². The monoisotopic (exact) mass is 413 g/mol. The van der Waals surface area contributed by atoms with Gasteiger partial charge in [-0.1, -0.05) is 23.7 Å². The van der Waals surface area contributed by atoms with Gasteiger partial charge in [0.15, 0.2) is 6.07 Å². The molecule has 4 atom stereocenters. The van der Waals surface area contributed by atoms with Gasteiger partial charge in [0, 0.05) is 4.75 Å². The van der Waals surface area contributed by atoms with Crippen molar-refractivity contribution < 1.29 is 24.2 Å². The van der Waals surface area contributed by atoms with Crippen LogP contribution in [0.2, 0.25) is 0 Å². The number of alkyl halides is 1. The minimum atomic E-state index is -0.983. The quantitative estimate of drug-likeness (QED) is 0.368. The Hall–Kier alpha value is -1.97. The molecular formula is C17H20ClN3O5S. The van der Waals surface area contributed by atoms with E-state index < -0.39 is 34.7 Å². The second-order valence-corrected chi connectivity index (χ2v) is 8.88. The van der Waals surface area contributed by atoms with Gasteiger partial charge in [0.2, 0.25) is 11.8 Å². The molecule has 1 aromatic carbocycles. The molecule has 3 rings (SSSR count). The largest absolute Gasteiger partial charge is 0.508 e. The number of nitrogens with two attached hydrogens (primary N) is 1. The third kappa shape index (κ3) is 3.46. The number of hydrogen-bond acceptors (Lipinski definition) is 7. The van der Waals surface area contributed by atoms with Crippen molar-refractivity contribution in [3.05, 3.63) is 29.8 Å². The third-order valence-corrected chi connectivity index (χ3v) is 6.37. The lowest BCUT2D eigenvalue weighted by Crippen LogP contribution is -2.71. The van der Waals surface area contributed by atoms with E-state index >= 15 is 0 Å². The molecular weight excluding hydrogens is 394 g/mol. The number of carbonyl (C=O) groups excluding carboxylic acids is 3. The molecule has 0 spiro atoms. The fourth-order valence-electron chi connectivity index (χ4n) is 3.34. The molecule has 27 heavy (non-hydrogen) atoms. The standard InChI is InChI=1S/C17H20ClN3O5S/c1-17(2)12(16(25)26-7-18)21-14(24)11(15(21)27-17)20-13(23)10(19)8-3-5-9(22)6-4-8/h3-6,10-12,15,22H,7,19H2,1-2H3,(H,20,23)/t10?,11?,12-,15+/m0/s1. The number of phenolic OH excluding ortho intramolecular Hbond substituents is 1. The molecule has 2 heterocycles. The summed E-state index contributed by atoms with van der Waals surface area (Å²) in [6.45, 7) is 3.68. The van der Waals surface area contributed by atoms with Crippen molar-refractivity contribution >= 4 is 41.1 Å². The van der Waals surface area contributed by atoms with E-state index in [0.717, 1.165) is 0 Å². The predicted molar refractivity (Wildman–Crippen MR) is 99.9 cm³/mol. The van der Waals surface area contributed by atoms with E-state index in [9.17, 15) is 19.5 Å². The van der Waals surface area contributed by atoms with Crippen molar-refractivity contribution in [2.75, 3.05) is 6.07 Å². The van der Waals surface area contributed by atoms with Crippen LogP contribution in [0.25, 0.3) is 0 Å². The summed E-state index contributed by atoms with van der Waals surface area (Å²) in [5.41, 5.74) is 6.46. The first-order valence-corrected chi connectivity index (χ1v) is 9.66. The van der Waals surface area contributed by atoms with Gasteiger partial charge in [0.25, 0.3) is 0 Å². The van der Waals surface area contributed by atoms with Crippen LogP contribution in [0.1, 0.15) is 25.5 Å². The van der Waals surface area contributed by atoms with E-state index in [1.54, 1.807) is 12.1 Å². The minimum absolute atomic E-state index is 0.0654. The molecule has 2 aliphatic heterocycles. The molecule has 2 saturated heterocycles. The van der Waals surface area contributed by atoms with E-state index in [0.29, 0.717) is 5.56 Å². The molecule has 10 heteroatoms. The summed E-state index contributed by atoms with van der Waals surface area (Å²) < 4.78 is 4.29. The van der Waals surface area contributed by atoms with Crippen LogP contribution in [0, 0.1) is 0 Å². The van der Waals surface area contributed by atoms with Gasteiger partial charge in [-0.2, -0.15) is 0 Å². The number of β-lactam (4-membered cyclic amide) rings is 1.